The van der Waals surface area contributed by atoms with Crippen molar-refractivity contribution in [1.29, 1.82) is 5.26 Å². The molecule has 3 rings (SSSR count). The Bertz CT molecular complexity index is 653. The van der Waals surface area contributed by atoms with E-state index in [1.165, 1.54) is 11.3 Å². The Kier molecular flexibility index (Phi) is 4.25. The number of nitriles is 1. The van der Waals surface area contributed by atoms with E-state index in [0.29, 0.717) is 18.2 Å². The largest absolute Gasteiger partial charge is 0.379 e. The Morgan fingerprint density at radius 1 is 1.43 bits per heavy atom. The van der Waals surface area contributed by atoms with Gasteiger partial charge in [-0.1, -0.05) is 12.1 Å². The normalized spacial score (nSPS) is 17.5. The molecule has 0 unspecified atom stereocenters. The Hall–Kier alpha value is -1.81. The molecule has 108 valence electrons. The van der Waals surface area contributed by atoms with Crippen molar-refractivity contribution in [3.05, 3.63) is 29.3 Å². The lowest BCUT2D eigenvalue weighted by atomic mass is 10.1. The number of ether oxygens (including phenoxy) is 1. The Morgan fingerprint density at radius 2 is 2.19 bits per heavy atom. The van der Waals surface area contributed by atoms with E-state index in [0.717, 1.165) is 23.3 Å². The van der Waals surface area contributed by atoms with Crippen molar-refractivity contribution in [1.82, 2.24) is 9.88 Å². The van der Waals surface area contributed by atoms with E-state index < -0.39 is 5.92 Å². The molecule has 6 heteroatoms. The maximum Gasteiger partial charge on any atom is 0.170 e. The minimum Gasteiger partial charge on any atom is -0.379 e. The van der Waals surface area contributed by atoms with E-state index >= 15 is 0 Å². The maximum atomic E-state index is 12.4. The molecule has 0 saturated carbocycles. The van der Waals surface area contributed by atoms with Crippen molar-refractivity contribution in [3.8, 4) is 6.07 Å². The number of ketones is 1. The summed E-state index contributed by atoms with van der Waals surface area (Å²) in [6, 6.07) is 9.80. The van der Waals surface area contributed by atoms with Gasteiger partial charge in [-0.05, 0) is 12.1 Å². The number of benzene rings is 1. The molecule has 1 aromatic heterocycles. The molecule has 0 bridgehead atoms. The van der Waals surface area contributed by atoms with Crippen molar-refractivity contribution in [2.45, 2.75) is 5.92 Å². The number of nitrogens with zero attached hydrogens (tertiary/aromatic N) is 3. The highest BCUT2D eigenvalue weighted by Crippen LogP contribution is 2.27. The van der Waals surface area contributed by atoms with Gasteiger partial charge in [0.25, 0.3) is 0 Å². The molecule has 1 atom stereocenters. The summed E-state index contributed by atoms with van der Waals surface area (Å²) in [5.74, 6) is -0.858. The van der Waals surface area contributed by atoms with Crippen LogP contribution in [0.4, 0.5) is 0 Å². The lowest BCUT2D eigenvalue weighted by Gasteiger charge is -2.26. The van der Waals surface area contributed by atoms with E-state index in [1.807, 2.05) is 29.2 Å². The molecule has 0 N–H and O–H groups in total. The molecule has 1 fully saturated rings. The number of aromatic nitrogens is 1. The first-order chi connectivity index (χ1) is 10.3. The number of Topliss-reactive ketones (excluding diaryl/α,β-unsaturated/α-hetero) is 1. The summed E-state index contributed by atoms with van der Waals surface area (Å²) < 4.78 is 6.27. The first-order valence-corrected chi connectivity index (χ1v) is 7.67. The number of para-hydroxylation sites is 1. The third-order valence-electron chi connectivity index (χ3n) is 3.49. The van der Waals surface area contributed by atoms with Crippen molar-refractivity contribution in [2.75, 3.05) is 32.8 Å². The van der Waals surface area contributed by atoms with Crippen LogP contribution >= 0.6 is 11.3 Å². The smallest absolute Gasteiger partial charge is 0.170 e. The standard InChI is InChI=1S/C15H15N3O2S/c16-9-11(13(19)10-18-5-7-20-8-6-18)15-17-12-3-1-2-4-14(12)21-15/h1-4,11H,5-8,10H2/t11-/m1/s1. The zero-order valence-electron chi connectivity index (χ0n) is 11.5. The molecule has 2 heterocycles. The predicted molar refractivity (Wildman–Crippen MR) is 80.2 cm³/mol. The van der Waals surface area contributed by atoms with E-state index in [4.69, 9.17) is 4.74 Å². The molecule has 0 amide bonds. The second kappa shape index (κ2) is 6.31. The summed E-state index contributed by atoms with van der Waals surface area (Å²) in [5, 5.41) is 9.95. The molecule has 1 aromatic carbocycles. The van der Waals surface area contributed by atoms with Crippen LogP contribution in [0.2, 0.25) is 0 Å². The first-order valence-electron chi connectivity index (χ1n) is 6.86. The average Bonchev–Trinajstić information content (AvgIpc) is 2.92. The maximum absolute atomic E-state index is 12.4. The highest BCUT2D eigenvalue weighted by atomic mass is 32.1. The zero-order chi connectivity index (χ0) is 14.7. The van der Waals surface area contributed by atoms with Gasteiger partial charge in [-0.2, -0.15) is 5.26 Å². The molecule has 0 radical (unpaired) electrons. The van der Waals surface area contributed by atoms with Gasteiger partial charge in [0.1, 0.15) is 5.01 Å². The molecule has 2 aromatic rings. The second-order valence-electron chi connectivity index (χ2n) is 4.94. The number of carbonyl (C=O) groups excluding carboxylic acids is 1. The molecule has 5 nitrogen and oxygen atoms in total. The molecular formula is C15H15N3O2S. The molecule has 0 spiro atoms. The highest BCUT2D eigenvalue weighted by Gasteiger charge is 2.26. The molecular weight excluding hydrogens is 286 g/mol. The number of rotatable bonds is 4. The quantitative estimate of drug-likeness (QED) is 0.861. The zero-order valence-corrected chi connectivity index (χ0v) is 12.3. The molecule has 1 saturated heterocycles. The lowest BCUT2D eigenvalue weighted by Crippen LogP contribution is -2.40. The topological polar surface area (TPSA) is 66.2 Å². The van der Waals surface area contributed by atoms with Gasteiger partial charge in [-0.3, -0.25) is 9.69 Å². The van der Waals surface area contributed by atoms with Crippen LogP contribution in [0.15, 0.2) is 24.3 Å². The number of hydrogen-bond donors (Lipinski definition) is 0. The Labute approximate surface area is 126 Å². The monoisotopic (exact) mass is 301 g/mol. The van der Waals surface area contributed by atoms with Crippen molar-refractivity contribution in [3.63, 3.8) is 0 Å². The number of morpholine rings is 1. The van der Waals surface area contributed by atoms with Crippen LogP contribution in [0, 0.1) is 11.3 Å². The van der Waals surface area contributed by atoms with Gasteiger partial charge in [0, 0.05) is 13.1 Å². The van der Waals surface area contributed by atoms with E-state index in [9.17, 15) is 10.1 Å². The fraction of sp³-hybridized carbons (Fsp3) is 0.400. The van der Waals surface area contributed by atoms with Crippen LogP contribution in [0.1, 0.15) is 10.9 Å². The molecule has 0 aliphatic carbocycles. The van der Waals surface area contributed by atoms with Gasteiger partial charge in [-0.25, -0.2) is 4.98 Å². The van der Waals surface area contributed by atoms with Gasteiger partial charge in [-0.15, -0.1) is 11.3 Å². The van der Waals surface area contributed by atoms with E-state index in [2.05, 4.69) is 11.1 Å². The molecule has 1 aliphatic rings. The fourth-order valence-corrected chi connectivity index (χ4v) is 3.39. The van der Waals surface area contributed by atoms with Crippen molar-refractivity contribution >= 4 is 27.3 Å². The van der Waals surface area contributed by atoms with E-state index in [1.54, 1.807) is 0 Å². The second-order valence-corrected chi connectivity index (χ2v) is 6.00. The van der Waals surface area contributed by atoms with Gasteiger partial charge in [0.05, 0.1) is 36.0 Å². The molecule has 1 aliphatic heterocycles. The number of carbonyl (C=O) groups is 1. The summed E-state index contributed by atoms with van der Waals surface area (Å²) in [7, 11) is 0. The van der Waals surface area contributed by atoms with Gasteiger partial charge in [0.15, 0.2) is 11.7 Å². The summed E-state index contributed by atoms with van der Waals surface area (Å²) in [4.78, 5) is 18.8. The van der Waals surface area contributed by atoms with Crippen LogP contribution in [0.25, 0.3) is 10.2 Å². The van der Waals surface area contributed by atoms with Crippen LogP contribution < -0.4 is 0 Å². The summed E-state index contributed by atoms with van der Waals surface area (Å²) in [6.45, 7) is 3.06. The van der Waals surface area contributed by atoms with Crippen LogP contribution in [-0.4, -0.2) is 48.5 Å². The third kappa shape index (κ3) is 3.10. The predicted octanol–water partition coefficient (Wildman–Crippen LogP) is 1.80. The average molecular weight is 301 g/mol. The third-order valence-corrected chi connectivity index (χ3v) is 4.59. The van der Waals surface area contributed by atoms with Crippen LogP contribution in [0.3, 0.4) is 0 Å². The highest BCUT2D eigenvalue weighted by molar-refractivity contribution is 7.18. The van der Waals surface area contributed by atoms with E-state index in [-0.39, 0.29) is 12.3 Å². The molecule has 21 heavy (non-hydrogen) atoms. The fourth-order valence-electron chi connectivity index (χ4n) is 2.35. The lowest BCUT2D eigenvalue weighted by molar-refractivity contribution is -0.121. The summed E-state index contributed by atoms with van der Waals surface area (Å²) >= 11 is 1.42. The Balaban J connectivity index is 1.77. The van der Waals surface area contributed by atoms with Gasteiger partial charge in [0.2, 0.25) is 0 Å². The van der Waals surface area contributed by atoms with Crippen LogP contribution in [-0.2, 0) is 9.53 Å². The minimum absolute atomic E-state index is 0.0848. The summed E-state index contributed by atoms with van der Waals surface area (Å²) in [6.07, 6.45) is 0. The number of thiazole rings is 1. The first kappa shape index (κ1) is 14.1. The minimum atomic E-state index is -0.773. The van der Waals surface area contributed by atoms with Crippen molar-refractivity contribution < 1.29 is 9.53 Å². The Morgan fingerprint density at radius 3 is 2.90 bits per heavy atom. The van der Waals surface area contributed by atoms with Gasteiger partial charge < -0.3 is 4.74 Å². The summed E-state index contributed by atoms with van der Waals surface area (Å²) in [5.41, 5.74) is 0.844. The van der Waals surface area contributed by atoms with Crippen molar-refractivity contribution in [2.24, 2.45) is 0 Å². The SMILES string of the molecule is N#C[C@H](C(=O)CN1CCOCC1)c1nc2ccccc2s1. The van der Waals surface area contributed by atoms with Gasteiger partial charge >= 0.3 is 0 Å². The number of fused-ring (bicyclic) bond motifs is 1. The van der Waals surface area contributed by atoms with Crippen LogP contribution in [0.5, 0.6) is 0 Å². The number of hydrogen-bond acceptors (Lipinski definition) is 6.